The summed E-state index contributed by atoms with van der Waals surface area (Å²) in [5, 5.41) is 8.89. The largest absolute Gasteiger partial charge is 0.394 e. The van der Waals surface area contributed by atoms with Crippen molar-refractivity contribution in [2.24, 2.45) is 0 Å². The summed E-state index contributed by atoms with van der Waals surface area (Å²) in [6.07, 6.45) is 0.791. The molecule has 3 nitrogen and oxygen atoms in total. The van der Waals surface area contributed by atoms with Crippen molar-refractivity contribution in [3.05, 3.63) is 0 Å². The van der Waals surface area contributed by atoms with Gasteiger partial charge in [0.1, 0.15) is 6.10 Å². The molecule has 1 fully saturated rings. The second kappa shape index (κ2) is 3.09. The molecule has 1 saturated heterocycles. The molecular formula is C8H16O3. The van der Waals surface area contributed by atoms with Crippen LogP contribution in [0.2, 0.25) is 0 Å². The van der Waals surface area contributed by atoms with Gasteiger partial charge >= 0.3 is 0 Å². The van der Waals surface area contributed by atoms with Gasteiger partial charge in [0.2, 0.25) is 0 Å². The van der Waals surface area contributed by atoms with Crippen molar-refractivity contribution >= 4 is 0 Å². The molecule has 66 valence electrons. The molecule has 3 heteroatoms. The molecule has 0 aromatic heterocycles. The van der Waals surface area contributed by atoms with Gasteiger partial charge in [-0.25, -0.2) is 0 Å². The SMILES string of the molecule is CC[C@@H]1OC(C)(C)O[C@H]1CO. The van der Waals surface area contributed by atoms with E-state index in [4.69, 9.17) is 14.6 Å². The molecule has 0 amide bonds. The molecule has 0 aliphatic carbocycles. The Morgan fingerprint density at radius 2 is 1.82 bits per heavy atom. The molecule has 0 aromatic rings. The first kappa shape index (κ1) is 8.97. The maximum Gasteiger partial charge on any atom is 0.163 e. The van der Waals surface area contributed by atoms with Gasteiger partial charge in [-0.1, -0.05) is 6.92 Å². The third-order valence-corrected chi connectivity index (χ3v) is 1.87. The van der Waals surface area contributed by atoms with E-state index < -0.39 is 5.79 Å². The number of hydrogen-bond acceptors (Lipinski definition) is 3. The Kier molecular flexibility index (Phi) is 2.52. The monoisotopic (exact) mass is 160 g/mol. The average molecular weight is 160 g/mol. The van der Waals surface area contributed by atoms with Crippen molar-refractivity contribution in [2.75, 3.05) is 6.61 Å². The second-order valence-corrected chi connectivity index (χ2v) is 3.30. The molecule has 11 heavy (non-hydrogen) atoms. The second-order valence-electron chi connectivity index (χ2n) is 3.30. The van der Waals surface area contributed by atoms with Crippen LogP contribution in [-0.2, 0) is 9.47 Å². The normalized spacial score (nSPS) is 36.0. The summed E-state index contributed by atoms with van der Waals surface area (Å²) < 4.78 is 10.9. The summed E-state index contributed by atoms with van der Waals surface area (Å²) in [6.45, 7) is 5.80. The first-order valence-corrected chi connectivity index (χ1v) is 4.05. The van der Waals surface area contributed by atoms with Crippen LogP contribution in [0.4, 0.5) is 0 Å². The van der Waals surface area contributed by atoms with Crippen molar-refractivity contribution in [3.8, 4) is 0 Å². The lowest BCUT2D eigenvalue weighted by molar-refractivity contribution is -0.149. The van der Waals surface area contributed by atoms with E-state index in [2.05, 4.69) is 0 Å². The van der Waals surface area contributed by atoms with Crippen molar-refractivity contribution in [3.63, 3.8) is 0 Å². The minimum Gasteiger partial charge on any atom is -0.394 e. The average Bonchev–Trinajstić information content (AvgIpc) is 2.25. The number of hydrogen-bond donors (Lipinski definition) is 1. The predicted octanol–water partition coefficient (Wildman–Crippen LogP) is 0.909. The van der Waals surface area contributed by atoms with Gasteiger partial charge in [0.05, 0.1) is 12.7 Å². The molecule has 1 aliphatic heterocycles. The zero-order chi connectivity index (χ0) is 8.48. The first-order valence-electron chi connectivity index (χ1n) is 4.05. The van der Waals surface area contributed by atoms with Gasteiger partial charge in [0, 0.05) is 0 Å². The molecule has 2 atom stereocenters. The fourth-order valence-electron chi connectivity index (χ4n) is 1.41. The minimum atomic E-state index is -0.520. The fourth-order valence-corrected chi connectivity index (χ4v) is 1.41. The molecule has 0 bridgehead atoms. The van der Waals surface area contributed by atoms with E-state index in [1.54, 1.807) is 0 Å². The fraction of sp³-hybridized carbons (Fsp3) is 1.00. The molecule has 1 aliphatic rings. The van der Waals surface area contributed by atoms with Gasteiger partial charge in [0.15, 0.2) is 5.79 Å². The zero-order valence-electron chi connectivity index (χ0n) is 7.33. The number of aliphatic hydroxyl groups is 1. The van der Waals surface area contributed by atoms with Crippen LogP contribution >= 0.6 is 0 Å². The van der Waals surface area contributed by atoms with Crippen LogP contribution in [0.1, 0.15) is 27.2 Å². The Balaban J connectivity index is 2.55. The van der Waals surface area contributed by atoms with Crippen LogP contribution in [0.25, 0.3) is 0 Å². The van der Waals surface area contributed by atoms with Crippen LogP contribution < -0.4 is 0 Å². The topological polar surface area (TPSA) is 38.7 Å². The Morgan fingerprint density at radius 1 is 1.27 bits per heavy atom. The quantitative estimate of drug-likeness (QED) is 0.652. The summed E-state index contributed by atoms with van der Waals surface area (Å²) in [5.74, 6) is -0.520. The van der Waals surface area contributed by atoms with E-state index in [0.717, 1.165) is 6.42 Å². The van der Waals surface area contributed by atoms with E-state index in [9.17, 15) is 0 Å². The van der Waals surface area contributed by atoms with E-state index in [0.29, 0.717) is 0 Å². The Labute approximate surface area is 67.3 Å². The standard InChI is InChI=1S/C8H16O3/c1-4-6-7(5-9)11-8(2,3)10-6/h6-7,9H,4-5H2,1-3H3/t6-,7-/m0/s1. The minimum absolute atomic E-state index is 0.0436. The summed E-state index contributed by atoms with van der Waals surface area (Å²) >= 11 is 0. The predicted molar refractivity (Wildman–Crippen MR) is 41.2 cm³/mol. The van der Waals surface area contributed by atoms with E-state index in [-0.39, 0.29) is 18.8 Å². The highest BCUT2D eigenvalue weighted by molar-refractivity contribution is 4.79. The van der Waals surface area contributed by atoms with Crippen LogP contribution in [0.15, 0.2) is 0 Å². The van der Waals surface area contributed by atoms with Gasteiger partial charge in [-0.2, -0.15) is 0 Å². The van der Waals surface area contributed by atoms with Crippen molar-refractivity contribution in [1.29, 1.82) is 0 Å². The molecule has 0 unspecified atom stereocenters. The van der Waals surface area contributed by atoms with Gasteiger partial charge in [0.25, 0.3) is 0 Å². The Hall–Kier alpha value is -0.120. The van der Waals surface area contributed by atoms with Crippen molar-refractivity contribution in [2.45, 2.75) is 45.2 Å². The van der Waals surface area contributed by atoms with Crippen LogP contribution in [0.5, 0.6) is 0 Å². The summed E-state index contributed by atoms with van der Waals surface area (Å²) in [5.41, 5.74) is 0. The van der Waals surface area contributed by atoms with Crippen LogP contribution in [0.3, 0.4) is 0 Å². The van der Waals surface area contributed by atoms with Crippen molar-refractivity contribution < 1.29 is 14.6 Å². The van der Waals surface area contributed by atoms with Crippen LogP contribution in [-0.4, -0.2) is 29.7 Å². The molecule has 0 spiro atoms. The van der Waals surface area contributed by atoms with Gasteiger partial charge in [-0.3, -0.25) is 0 Å². The molecule has 1 N–H and O–H groups in total. The highest BCUT2D eigenvalue weighted by Gasteiger charge is 2.39. The third kappa shape index (κ3) is 1.92. The van der Waals surface area contributed by atoms with Gasteiger partial charge in [-0.05, 0) is 20.3 Å². The maximum absolute atomic E-state index is 8.89. The van der Waals surface area contributed by atoms with E-state index >= 15 is 0 Å². The van der Waals surface area contributed by atoms with Crippen LogP contribution in [0, 0.1) is 0 Å². The Morgan fingerprint density at radius 3 is 2.18 bits per heavy atom. The van der Waals surface area contributed by atoms with Gasteiger partial charge < -0.3 is 14.6 Å². The number of rotatable bonds is 2. The smallest absolute Gasteiger partial charge is 0.163 e. The molecule has 0 radical (unpaired) electrons. The lowest BCUT2D eigenvalue weighted by Crippen LogP contribution is -2.25. The molecule has 0 saturated carbocycles. The van der Waals surface area contributed by atoms with Gasteiger partial charge in [-0.15, -0.1) is 0 Å². The van der Waals surface area contributed by atoms with Crippen molar-refractivity contribution in [1.82, 2.24) is 0 Å². The number of ether oxygens (including phenoxy) is 2. The first-order chi connectivity index (χ1) is 5.09. The lowest BCUT2D eigenvalue weighted by Gasteiger charge is -2.16. The molecule has 0 aromatic carbocycles. The number of aliphatic hydroxyl groups excluding tert-OH is 1. The highest BCUT2D eigenvalue weighted by atomic mass is 16.8. The molecular weight excluding hydrogens is 144 g/mol. The summed E-state index contributed by atoms with van der Waals surface area (Å²) in [6, 6.07) is 0. The Bertz CT molecular complexity index is 119. The zero-order valence-corrected chi connectivity index (χ0v) is 7.33. The lowest BCUT2D eigenvalue weighted by atomic mass is 10.2. The molecule has 1 heterocycles. The highest BCUT2D eigenvalue weighted by Crippen LogP contribution is 2.29. The van der Waals surface area contributed by atoms with E-state index in [1.165, 1.54) is 0 Å². The maximum atomic E-state index is 8.89. The van der Waals surface area contributed by atoms with E-state index in [1.807, 2.05) is 20.8 Å². The molecule has 1 rings (SSSR count). The third-order valence-electron chi connectivity index (χ3n) is 1.87. The summed E-state index contributed by atoms with van der Waals surface area (Å²) in [7, 11) is 0. The summed E-state index contributed by atoms with van der Waals surface area (Å²) in [4.78, 5) is 0.